The van der Waals surface area contributed by atoms with Crippen LogP contribution in [0.25, 0.3) is 0 Å². The van der Waals surface area contributed by atoms with Gasteiger partial charge < -0.3 is 10.1 Å². The molecule has 0 saturated heterocycles. The normalized spacial score (nSPS) is 13.2. The van der Waals surface area contributed by atoms with E-state index in [1.807, 2.05) is 42.6 Å². The van der Waals surface area contributed by atoms with Gasteiger partial charge >= 0.3 is 0 Å². The number of nitrogens with zero attached hydrogens (tertiary/aromatic N) is 2. The molecule has 0 amide bonds. The first kappa shape index (κ1) is 15.0. The SMILES string of the molecule is CC(N[C@H](C)c1cccnc1)c1ccc(OCC#N)cc1. The van der Waals surface area contributed by atoms with Crippen LogP contribution in [0.15, 0.2) is 48.8 Å². The number of nitriles is 1. The van der Waals surface area contributed by atoms with E-state index in [-0.39, 0.29) is 18.7 Å². The molecule has 4 nitrogen and oxygen atoms in total. The van der Waals surface area contributed by atoms with Crippen LogP contribution >= 0.6 is 0 Å². The molecular formula is C17H19N3O. The number of pyridine rings is 1. The van der Waals surface area contributed by atoms with Gasteiger partial charge in [-0.3, -0.25) is 4.98 Å². The highest BCUT2D eigenvalue weighted by molar-refractivity contribution is 5.29. The van der Waals surface area contributed by atoms with Crippen LogP contribution in [-0.4, -0.2) is 11.6 Å². The first-order valence-corrected chi connectivity index (χ1v) is 6.96. The fourth-order valence-corrected chi connectivity index (χ4v) is 2.17. The molecule has 1 N–H and O–H groups in total. The summed E-state index contributed by atoms with van der Waals surface area (Å²) < 4.78 is 5.25. The summed E-state index contributed by atoms with van der Waals surface area (Å²) in [5, 5.41) is 12.0. The number of hydrogen-bond acceptors (Lipinski definition) is 4. The molecular weight excluding hydrogens is 262 g/mol. The van der Waals surface area contributed by atoms with Gasteiger partial charge in [-0.15, -0.1) is 0 Å². The fraction of sp³-hybridized carbons (Fsp3) is 0.294. The minimum atomic E-state index is 0.0746. The van der Waals surface area contributed by atoms with Gasteiger partial charge in [0.1, 0.15) is 11.8 Å². The van der Waals surface area contributed by atoms with Crippen molar-refractivity contribution in [2.45, 2.75) is 25.9 Å². The van der Waals surface area contributed by atoms with E-state index >= 15 is 0 Å². The topological polar surface area (TPSA) is 57.9 Å². The van der Waals surface area contributed by atoms with Gasteiger partial charge in [0.05, 0.1) is 0 Å². The number of rotatable bonds is 6. The Labute approximate surface area is 125 Å². The first-order valence-electron chi connectivity index (χ1n) is 6.96. The lowest BCUT2D eigenvalue weighted by atomic mass is 10.1. The van der Waals surface area contributed by atoms with E-state index in [4.69, 9.17) is 10.00 Å². The molecule has 1 heterocycles. The molecule has 2 atom stereocenters. The molecule has 0 fully saturated rings. The highest BCUT2D eigenvalue weighted by Crippen LogP contribution is 2.21. The zero-order valence-corrected chi connectivity index (χ0v) is 12.3. The Balaban J connectivity index is 1.97. The van der Waals surface area contributed by atoms with Crippen molar-refractivity contribution in [3.8, 4) is 11.8 Å². The molecule has 1 unspecified atom stereocenters. The number of benzene rings is 1. The molecule has 108 valence electrons. The zero-order chi connectivity index (χ0) is 15.1. The molecule has 4 heteroatoms. The summed E-state index contributed by atoms with van der Waals surface area (Å²) in [5.41, 5.74) is 2.34. The average Bonchev–Trinajstić information content (AvgIpc) is 2.54. The Morgan fingerprint density at radius 1 is 1.14 bits per heavy atom. The molecule has 0 aliphatic rings. The lowest BCUT2D eigenvalue weighted by Crippen LogP contribution is -2.22. The molecule has 21 heavy (non-hydrogen) atoms. The maximum atomic E-state index is 8.49. The van der Waals surface area contributed by atoms with Gasteiger partial charge in [-0.1, -0.05) is 18.2 Å². The van der Waals surface area contributed by atoms with Crippen molar-refractivity contribution in [3.05, 3.63) is 59.9 Å². The second kappa shape index (κ2) is 7.41. The van der Waals surface area contributed by atoms with E-state index in [1.165, 1.54) is 11.1 Å². The molecule has 0 bridgehead atoms. The summed E-state index contributed by atoms with van der Waals surface area (Å²) in [6.07, 6.45) is 3.66. The fourth-order valence-electron chi connectivity index (χ4n) is 2.17. The molecule has 0 spiro atoms. The zero-order valence-electron chi connectivity index (χ0n) is 12.3. The maximum absolute atomic E-state index is 8.49. The lowest BCUT2D eigenvalue weighted by Gasteiger charge is -2.20. The monoisotopic (exact) mass is 281 g/mol. The standard InChI is InChI=1S/C17H19N3O/c1-13(20-14(2)16-4-3-10-19-12-16)15-5-7-17(8-6-15)21-11-9-18/h3-8,10,12-14,20H,11H2,1-2H3/t13?,14-/m1/s1. The number of aromatic nitrogens is 1. The van der Waals surface area contributed by atoms with Gasteiger partial charge in [-0.25, -0.2) is 0 Å². The van der Waals surface area contributed by atoms with Gasteiger partial charge in [0, 0.05) is 24.5 Å². The summed E-state index contributed by atoms with van der Waals surface area (Å²) in [4.78, 5) is 4.14. The third kappa shape index (κ3) is 4.30. The molecule has 0 aliphatic heterocycles. The van der Waals surface area contributed by atoms with Crippen LogP contribution in [-0.2, 0) is 0 Å². The van der Waals surface area contributed by atoms with Crippen molar-refractivity contribution in [1.82, 2.24) is 10.3 Å². The van der Waals surface area contributed by atoms with E-state index in [2.05, 4.69) is 30.2 Å². The van der Waals surface area contributed by atoms with Gasteiger partial charge in [-0.05, 0) is 43.2 Å². The van der Waals surface area contributed by atoms with Crippen molar-refractivity contribution in [2.24, 2.45) is 0 Å². The predicted octanol–water partition coefficient (Wildman–Crippen LogP) is 3.40. The van der Waals surface area contributed by atoms with Crippen LogP contribution in [0.1, 0.15) is 37.1 Å². The van der Waals surface area contributed by atoms with E-state index in [1.54, 1.807) is 6.20 Å². The lowest BCUT2D eigenvalue weighted by molar-refractivity contribution is 0.368. The predicted molar refractivity (Wildman–Crippen MR) is 81.8 cm³/mol. The summed E-state index contributed by atoms with van der Waals surface area (Å²) >= 11 is 0. The first-order chi connectivity index (χ1) is 10.2. The second-order valence-corrected chi connectivity index (χ2v) is 4.91. The van der Waals surface area contributed by atoms with Crippen LogP contribution < -0.4 is 10.1 Å². The smallest absolute Gasteiger partial charge is 0.174 e. The van der Waals surface area contributed by atoms with Crippen molar-refractivity contribution >= 4 is 0 Å². The van der Waals surface area contributed by atoms with Gasteiger partial charge in [0.2, 0.25) is 0 Å². The summed E-state index contributed by atoms with van der Waals surface area (Å²) in [7, 11) is 0. The molecule has 2 aromatic rings. The van der Waals surface area contributed by atoms with Crippen molar-refractivity contribution in [3.63, 3.8) is 0 Å². The Morgan fingerprint density at radius 2 is 1.86 bits per heavy atom. The van der Waals surface area contributed by atoms with Crippen LogP contribution in [0.4, 0.5) is 0 Å². The van der Waals surface area contributed by atoms with E-state index in [0.717, 1.165) is 0 Å². The van der Waals surface area contributed by atoms with Crippen LogP contribution in [0, 0.1) is 11.3 Å². The largest absolute Gasteiger partial charge is 0.479 e. The number of hydrogen-bond donors (Lipinski definition) is 1. The Morgan fingerprint density at radius 3 is 2.48 bits per heavy atom. The van der Waals surface area contributed by atoms with Gasteiger partial charge in [0.15, 0.2) is 6.61 Å². The molecule has 0 radical (unpaired) electrons. The Bertz CT molecular complexity index is 590. The maximum Gasteiger partial charge on any atom is 0.174 e. The second-order valence-electron chi connectivity index (χ2n) is 4.91. The Kier molecular flexibility index (Phi) is 5.30. The molecule has 2 rings (SSSR count). The van der Waals surface area contributed by atoms with Crippen LogP contribution in [0.5, 0.6) is 5.75 Å². The van der Waals surface area contributed by atoms with Crippen LogP contribution in [0.2, 0.25) is 0 Å². The third-order valence-corrected chi connectivity index (χ3v) is 3.37. The summed E-state index contributed by atoms with van der Waals surface area (Å²) in [6.45, 7) is 4.32. The highest BCUT2D eigenvalue weighted by Gasteiger charge is 2.11. The van der Waals surface area contributed by atoms with Crippen molar-refractivity contribution in [1.29, 1.82) is 5.26 Å². The average molecular weight is 281 g/mol. The Hall–Kier alpha value is -2.38. The number of nitrogens with one attached hydrogen (secondary N) is 1. The van der Waals surface area contributed by atoms with E-state index in [9.17, 15) is 0 Å². The van der Waals surface area contributed by atoms with Crippen molar-refractivity contribution in [2.75, 3.05) is 6.61 Å². The third-order valence-electron chi connectivity index (χ3n) is 3.37. The number of ether oxygens (including phenoxy) is 1. The molecule has 0 aliphatic carbocycles. The molecule has 0 saturated carbocycles. The minimum absolute atomic E-state index is 0.0746. The highest BCUT2D eigenvalue weighted by atomic mass is 16.5. The van der Waals surface area contributed by atoms with Gasteiger partial charge in [0.25, 0.3) is 0 Å². The summed E-state index contributed by atoms with van der Waals surface area (Å²) in [5.74, 6) is 0.716. The molecule has 1 aromatic heterocycles. The van der Waals surface area contributed by atoms with E-state index < -0.39 is 0 Å². The quantitative estimate of drug-likeness (QED) is 0.881. The minimum Gasteiger partial charge on any atom is -0.479 e. The van der Waals surface area contributed by atoms with Gasteiger partial charge in [-0.2, -0.15) is 5.26 Å². The van der Waals surface area contributed by atoms with Crippen molar-refractivity contribution < 1.29 is 4.74 Å². The van der Waals surface area contributed by atoms with E-state index in [0.29, 0.717) is 5.75 Å². The summed E-state index contributed by atoms with van der Waals surface area (Å²) in [6, 6.07) is 14.2. The van der Waals surface area contributed by atoms with Crippen LogP contribution in [0.3, 0.4) is 0 Å². The molecule has 1 aromatic carbocycles.